The monoisotopic (exact) mass is 1020 g/mol. The predicted octanol–water partition coefficient (Wildman–Crippen LogP) is 2.38. The third-order valence-electron chi connectivity index (χ3n) is 4.74. The van der Waals surface area contributed by atoms with Crippen molar-refractivity contribution in [2.24, 2.45) is 0 Å². The molecule has 0 spiro atoms. The van der Waals surface area contributed by atoms with E-state index in [0.717, 1.165) is 0 Å². The fourth-order valence-corrected chi connectivity index (χ4v) is 7.93. The van der Waals surface area contributed by atoms with Crippen molar-refractivity contribution in [3.05, 3.63) is 62.3 Å². The fourth-order valence-electron chi connectivity index (χ4n) is 3.32. The molecule has 0 atom stereocenters. The summed E-state index contributed by atoms with van der Waals surface area (Å²) in [4.78, 5) is 25.0. The summed E-state index contributed by atoms with van der Waals surface area (Å²) < 4.78 is 7.34. The van der Waals surface area contributed by atoms with E-state index >= 15 is 0 Å². The van der Waals surface area contributed by atoms with Gasteiger partial charge in [-0.2, -0.15) is 0 Å². The SMILES string of the molecule is O=C(O)c1c(Cl)c(Cl)c(Cl)c(Cl)c1-c1c2cc(I)c(=O)c(I)c-2oc2c(I)c([O-])c(I)cc12.[Na+].[Na+]. The summed E-state index contributed by atoms with van der Waals surface area (Å²) in [7, 11) is 0. The number of hydrogen-bond donors (Lipinski definition) is 1. The van der Waals surface area contributed by atoms with E-state index in [1.165, 1.54) is 0 Å². The van der Waals surface area contributed by atoms with Gasteiger partial charge in [-0.3, -0.25) is 4.79 Å². The Kier molecular flexibility index (Phi) is 12.5. The maximum absolute atomic E-state index is 12.6. The molecule has 4 rings (SSSR count). The van der Waals surface area contributed by atoms with Crippen LogP contribution in [0, 0.1) is 14.3 Å². The number of carboxylic acids is 1. The molecule has 2 aromatic carbocycles. The van der Waals surface area contributed by atoms with Gasteiger partial charge in [-0.05, 0) is 102 Å². The van der Waals surface area contributed by atoms with Crippen molar-refractivity contribution in [2.45, 2.75) is 0 Å². The van der Waals surface area contributed by atoms with Gasteiger partial charge in [0.15, 0.2) is 5.76 Å². The summed E-state index contributed by atoms with van der Waals surface area (Å²) in [5, 5.41) is 22.3. The van der Waals surface area contributed by atoms with E-state index in [9.17, 15) is 19.8 Å². The molecule has 0 fully saturated rings. The first kappa shape index (κ1) is 33.7. The van der Waals surface area contributed by atoms with Gasteiger partial charge < -0.3 is 14.6 Å². The van der Waals surface area contributed by atoms with Gasteiger partial charge in [0.2, 0.25) is 5.43 Å². The van der Waals surface area contributed by atoms with E-state index in [4.69, 9.17) is 50.8 Å². The standard InChI is InChI=1S/C20H4Cl4I4O5.2Na/c21-10-8(9(20(31)32)11(22)13(24)12(10)23)7-3-1-5(25)16(29)14(27)18(3)33-19-4(7)2-6(26)17(30)15(19)28;;/h1-2,29H,(H,31,32);;/q;2*+1/p-1. The van der Waals surface area contributed by atoms with Gasteiger partial charge in [-0.1, -0.05) is 52.2 Å². The number of halogens is 8. The first-order valence-corrected chi connectivity index (χ1v) is 14.2. The first-order valence-electron chi connectivity index (χ1n) is 8.41. The summed E-state index contributed by atoms with van der Waals surface area (Å²) >= 11 is 32.9. The zero-order chi connectivity index (χ0) is 24.5. The molecule has 2 aromatic rings. The molecule has 0 aromatic heterocycles. The molecule has 0 amide bonds. The predicted molar refractivity (Wildman–Crippen MR) is 162 cm³/mol. The largest absolute Gasteiger partial charge is 1.00 e. The Balaban J connectivity index is 0.00000216. The van der Waals surface area contributed by atoms with Crippen LogP contribution in [0.15, 0.2) is 21.3 Å². The van der Waals surface area contributed by atoms with Crippen LogP contribution in [-0.4, -0.2) is 11.1 Å². The second-order valence-electron chi connectivity index (χ2n) is 6.54. The second kappa shape index (κ2) is 13.0. The molecule has 1 heterocycles. The maximum Gasteiger partial charge on any atom is 1.00 e. The van der Waals surface area contributed by atoms with Gasteiger partial charge >= 0.3 is 65.1 Å². The van der Waals surface area contributed by atoms with Crippen LogP contribution in [0.5, 0.6) is 5.75 Å². The van der Waals surface area contributed by atoms with Gasteiger partial charge in [0.25, 0.3) is 0 Å². The first-order chi connectivity index (χ1) is 15.4. The molecule has 0 saturated carbocycles. The summed E-state index contributed by atoms with van der Waals surface area (Å²) in [5.41, 5.74) is 0.261. The Labute approximate surface area is 316 Å². The van der Waals surface area contributed by atoms with E-state index in [-0.39, 0.29) is 120 Å². The second-order valence-corrected chi connectivity index (χ2v) is 12.5. The van der Waals surface area contributed by atoms with Crippen LogP contribution in [0.25, 0.3) is 33.4 Å². The Morgan fingerprint density at radius 2 is 1.43 bits per heavy atom. The van der Waals surface area contributed by atoms with Crippen molar-refractivity contribution in [3.8, 4) is 28.2 Å². The fraction of sp³-hybridized carbons (Fsp3) is 0. The molecular formula is C20H3Cl4I4Na2O5+. The Morgan fingerprint density at radius 3 is 2.00 bits per heavy atom. The molecule has 0 unspecified atom stereocenters. The van der Waals surface area contributed by atoms with Gasteiger partial charge in [0.1, 0.15) is 9.15 Å². The van der Waals surface area contributed by atoms with Crippen LogP contribution >= 0.6 is 137 Å². The van der Waals surface area contributed by atoms with Crippen molar-refractivity contribution in [1.29, 1.82) is 0 Å². The molecule has 1 aliphatic heterocycles. The number of carbonyl (C=O) groups is 1. The molecule has 1 aliphatic carbocycles. The third kappa shape index (κ3) is 5.80. The zero-order valence-electron chi connectivity index (χ0n) is 17.3. The van der Waals surface area contributed by atoms with Crippen LogP contribution in [-0.2, 0) is 0 Å². The maximum atomic E-state index is 12.6. The van der Waals surface area contributed by atoms with E-state index < -0.39 is 5.97 Å². The number of aromatic carboxylic acids is 1. The van der Waals surface area contributed by atoms with E-state index in [0.29, 0.717) is 23.7 Å². The number of rotatable bonds is 2. The minimum absolute atomic E-state index is 0. The van der Waals surface area contributed by atoms with Gasteiger partial charge in [-0.15, -0.1) is 0 Å². The zero-order valence-corrected chi connectivity index (χ0v) is 32.9. The minimum atomic E-state index is -1.38. The molecule has 170 valence electrons. The third-order valence-corrected chi connectivity index (χ3v) is 10.1. The Bertz CT molecular complexity index is 1580. The van der Waals surface area contributed by atoms with Crippen LogP contribution in [0.4, 0.5) is 0 Å². The van der Waals surface area contributed by atoms with Crippen molar-refractivity contribution in [1.82, 2.24) is 0 Å². The molecule has 1 N–H and O–H groups in total. The van der Waals surface area contributed by atoms with Gasteiger partial charge in [-0.25, -0.2) is 4.79 Å². The molecule has 0 saturated heterocycles. The molecule has 35 heavy (non-hydrogen) atoms. The normalized spacial score (nSPS) is 10.9. The molecule has 0 bridgehead atoms. The summed E-state index contributed by atoms with van der Waals surface area (Å²) in [5.74, 6) is -1.47. The molecule has 0 radical (unpaired) electrons. The average molecular weight is 1020 g/mol. The average Bonchev–Trinajstić information content (AvgIpc) is 2.76. The Hall–Kier alpha value is 2.48. The topological polar surface area (TPSA) is 90.6 Å². The van der Waals surface area contributed by atoms with Crippen molar-refractivity contribution < 1.29 is 78.5 Å². The van der Waals surface area contributed by atoms with Crippen molar-refractivity contribution in [2.75, 3.05) is 0 Å². The summed E-state index contributed by atoms with van der Waals surface area (Å²) in [6.45, 7) is 0. The molecule has 5 nitrogen and oxygen atoms in total. The van der Waals surface area contributed by atoms with Gasteiger partial charge in [0, 0.05) is 29.2 Å². The van der Waals surface area contributed by atoms with Crippen LogP contribution in [0.1, 0.15) is 10.4 Å². The number of benzene rings is 3. The van der Waals surface area contributed by atoms with Gasteiger partial charge in [0.05, 0.1) is 29.2 Å². The van der Waals surface area contributed by atoms with Crippen LogP contribution in [0.3, 0.4) is 0 Å². The quantitative estimate of drug-likeness (QED) is 0.110. The minimum Gasteiger partial charge on any atom is -0.871 e. The van der Waals surface area contributed by atoms with E-state index in [2.05, 4.69) is 0 Å². The number of fused-ring (bicyclic) bond motifs is 2. The molecule has 15 heteroatoms. The van der Waals surface area contributed by atoms with Crippen molar-refractivity contribution >= 4 is 154 Å². The number of hydrogen-bond acceptors (Lipinski definition) is 4. The van der Waals surface area contributed by atoms with Crippen LogP contribution in [0.2, 0.25) is 20.1 Å². The van der Waals surface area contributed by atoms with E-state index in [1.54, 1.807) is 12.1 Å². The number of carboxylic acid groups (broad SMARTS) is 1. The van der Waals surface area contributed by atoms with Crippen LogP contribution < -0.4 is 69.6 Å². The smallest absolute Gasteiger partial charge is 0.871 e. The summed E-state index contributed by atoms with van der Waals surface area (Å²) in [6, 6.07) is 3.14. The van der Waals surface area contributed by atoms with Crippen molar-refractivity contribution in [3.63, 3.8) is 0 Å². The van der Waals surface area contributed by atoms with E-state index in [1.807, 2.05) is 90.4 Å². The Morgan fingerprint density at radius 1 is 0.857 bits per heavy atom. The molecule has 2 aliphatic rings. The molecular weight excluding hydrogens is 1020 g/mol. The summed E-state index contributed by atoms with van der Waals surface area (Å²) in [6.07, 6.45) is 0.